The molecule has 1 aromatic carbocycles. The van der Waals surface area contributed by atoms with Gasteiger partial charge in [0.25, 0.3) is 0 Å². The van der Waals surface area contributed by atoms with Crippen LogP contribution in [0.2, 0.25) is 0 Å². The molecule has 1 rings (SSSR count). The van der Waals surface area contributed by atoms with Gasteiger partial charge in [-0.3, -0.25) is 9.79 Å². The monoisotopic (exact) mass is 199 g/mol. The molecule has 0 aliphatic carbocycles. The summed E-state index contributed by atoms with van der Waals surface area (Å²) < 4.78 is 14.6. The van der Waals surface area contributed by atoms with E-state index < -0.39 is 7.82 Å². The van der Waals surface area contributed by atoms with E-state index in [1.807, 2.05) is 6.07 Å². The van der Waals surface area contributed by atoms with Crippen molar-refractivity contribution in [1.82, 2.24) is 0 Å². The topological polar surface area (TPSA) is 90.5 Å². The average molecular weight is 199 g/mol. The molecule has 0 amide bonds. The first-order valence-corrected chi connectivity index (χ1v) is 4.79. The van der Waals surface area contributed by atoms with Gasteiger partial charge in [0.1, 0.15) is 5.75 Å². The summed E-state index contributed by atoms with van der Waals surface area (Å²) in [5.41, 5.74) is 0.283. The Hall–Kier alpha value is -1.34. The lowest BCUT2D eigenvalue weighted by atomic mass is 10.2. The van der Waals surface area contributed by atoms with Crippen LogP contribution in [0, 0.1) is 11.3 Å². The minimum Gasteiger partial charge on any atom is -0.404 e. The lowest BCUT2D eigenvalue weighted by molar-refractivity contribution is 0.283. The molecule has 0 radical (unpaired) electrons. The predicted octanol–water partition coefficient (Wildman–Crippen LogP) is 1.03. The lowest BCUT2D eigenvalue weighted by Crippen LogP contribution is -1.90. The summed E-state index contributed by atoms with van der Waals surface area (Å²) in [6, 6.07) is 7.41. The fraction of sp³-hybridized carbons (Fsp3) is 0. The van der Waals surface area contributed by atoms with Crippen LogP contribution in [0.3, 0.4) is 0 Å². The third-order valence-corrected chi connectivity index (χ3v) is 1.64. The van der Waals surface area contributed by atoms with Crippen molar-refractivity contribution in [2.75, 3.05) is 0 Å². The van der Waals surface area contributed by atoms with Crippen molar-refractivity contribution in [3.05, 3.63) is 29.8 Å². The zero-order chi connectivity index (χ0) is 9.90. The van der Waals surface area contributed by atoms with Gasteiger partial charge in [0.15, 0.2) is 0 Å². The van der Waals surface area contributed by atoms with E-state index in [0.29, 0.717) is 0 Å². The van der Waals surface area contributed by atoms with E-state index in [4.69, 9.17) is 15.0 Å². The maximum atomic E-state index is 10.4. The van der Waals surface area contributed by atoms with E-state index in [1.165, 1.54) is 24.3 Å². The Labute approximate surface area is 74.4 Å². The summed E-state index contributed by atoms with van der Waals surface area (Å²) in [6.45, 7) is 0. The SMILES string of the molecule is N#Cc1cccc(OP(=O)(O)O)c1. The van der Waals surface area contributed by atoms with Gasteiger partial charge in [0.2, 0.25) is 0 Å². The number of hydrogen-bond acceptors (Lipinski definition) is 3. The van der Waals surface area contributed by atoms with Gasteiger partial charge in [-0.15, -0.1) is 0 Å². The second-order valence-electron chi connectivity index (χ2n) is 2.22. The highest BCUT2D eigenvalue weighted by Crippen LogP contribution is 2.37. The molecule has 1 aromatic rings. The smallest absolute Gasteiger partial charge is 0.404 e. The molecule has 0 heterocycles. The minimum atomic E-state index is -4.53. The van der Waals surface area contributed by atoms with Crippen LogP contribution in [0.15, 0.2) is 24.3 Å². The number of phosphoric acid groups is 1. The zero-order valence-corrected chi connectivity index (χ0v) is 7.31. The first kappa shape index (κ1) is 9.75. The van der Waals surface area contributed by atoms with Crippen LogP contribution in [-0.4, -0.2) is 9.79 Å². The second kappa shape index (κ2) is 3.58. The molecule has 0 saturated heterocycles. The molecule has 0 spiro atoms. The molecule has 0 saturated carbocycles. The predicted molar refractivity (Wildman–Crippen MR) is 43.8 cm³/mol. The van der Waals surface area contributed by atoms with Crippen molar-refractivity contribution >= 4 is 7.82 Å². The first-order valence-electron chi connectivity index (χ1n) is 3.26. The number of rotatable bonds is 2. The average Bonchev–Trinajstić information content (AvgIpc) is 2.01. The molecule has 0 bridgehead atoms. The normalized spacial score (nSPS) is 10.5. The molecule has 13 heavy (non-hydrogen) atoms. The molecular weight excluding hydrogens is 193 g/mol. The van der Waals surface area contributed by atoms with Crippen molar-refractivity contribution in [3.8, 4) is 11.8 Å². The van der Waals surface area contributed by atoms with Crippen molar-refractivity contribution in [2.45, 2.75) is 0 Å². The van der Waals surface area contributed by atoms with Crippen LogP contribution in [0.1, 0.15) is 5.56 Å². The summed E-state index contributed by atoms with van der Waals surface area (Å²) in [7, 11) is -4.53. The summed E-state index contributed by atoms with van der Waals surface area (Å²) in [5.74, 6) is -0.0209. The van der Waals surface area contributed by atoms with E-state index in [0.717, 1.165) is 0 Å². The summed E-state index contributed by atoms with van der Waals surface area (Å²) in [4.78, 5) is 16.9. The maximum absolute atomic E-state index is 10.4. The molecule has 5 nitrogen and oxygen atoms in total. The van der Waals surface area contributed by atoms with Gasteiger partial charge in [-0.1, -0.05) is 6.07 Å². The standard InChI is InChI=1S/C7H6NO4P/c8-5-6-2-1-3-7(4-6)12-13(9,10)11/h1-4H,(H2,9,10,11). The van der Waals surface area contributed by atoms with Crippen LogP contribution in [-0.2, 0) is 4.57 Å². The highest BCUT2D eigenvalue weighted by atomic mass is 31.2. The fourth-order valence-corrected chi connectivity index (χ4v) is 1.15. The number of phosphoric ester groups is 1. The quantitative estimate of drug-likeness (QED) is 0.694. The first-order chi connectivity index (χ1) is 6.01. The highest BCUT2D eigenvalue weighted by Gasteiger charge is 2.15. The number of benzene rings is 1. The highest BCUT2D eigenvalue weighted by molar-refractivity contribution is 7.46. The second-order valence-corrected chi connectivity index (χ2v) is 3.39. The van der Waals surface area contributed by atoms with Crippen LogP contribution < -0.4 is 4.52 Å². The van der Waals surface area contributed by atoms with Crippen LogP contribution >= 0.6 is 7.82 Å². The number of nitriles is 1. The van der Waals surface area contributed by atoms with Crippen LogP contribution in [0.4, 0.5) is 0 Å². The van der Waals surface area contributed by atoms with E-state index in [2.05, 4.69) is 4.52 Å². The molecule has 68 valence electrons. The molecule has 0 aromatic heterocycles. The Kier molecular flexibility index (Phi) is 2.69. The van der Waals surface area contributed by atoms with E-state index >= 15 is 0 Å². The molecule has 6 heteroatoms. The van der Waals surface area contributed by atoms with Crippen molar-refractivity contribution < 1.29 is 18.9 Å². The van der Waals surface area contributed by atoms with Gasteiger partial charge in [-0.05, 0) is 18.2 Å². The van der Waals surface area contributed by atoms with Crippen LogP contribution in [0.25, 0.3) is 0 Å². The van der Waals surface area contributed by atoms with E-state index in [1.54, 1.807) is 0 Å². The molecule has 0 atom stereocenters. The van der Waals surface area contributed by atoms with Gasteiger partial charge < -0.3 is 4.52 Å². The van der Waals surface area contributed by atoms with Crippen molar-refractivity contribution in [1.29, 1.82) is 5.26 Å². The molecule has 0 aliphatic heterocycles. The lowest BCUT2D eigenvalue weighted by Gasteiger charge is -2.05. The van der Waals surface area contributed by atoms with E-state index in [9.17, 15) is 4.57 Å². The Morgan fingerprint density at radius 2 is 2.15 bits per heavy atom. The molecule has 2 N–H and O–H groups in total. The molecular formula is C7H6NO4P. The largest absolute Gasteiger partial charge is 0.524 e. The van der Waals surface area contributed by atoms with Crippen molar-refractivity contribution in [3.63, 3.8) is 0 Å². The maximum Gasteiger partial charge on any atom is 0.524 e. The van der Waals surface area contributed by atoms with Gasteiger partial charge in [-0.25, -0.2) is 4.57 Å². The summed E-state index contributed by atoms with van der Waals surface area (Å²) in [6.07, 6.45) is 0. The van der Waals surface area contributed by atoms with Crippen LogP contribution in [0.5, 0.6) is 5.75 Å². The number of hydrogen-bond donors (Lipinski definition) is 2. The van der Waals surface area contributed by atoms with Gasteiger partial charge in [-0.2, -0.15) is 5.26 Å². The third kappa shape index (κ3) is 3.26. The summed E-state index contributed by atoms with van der Waals surface area (Å²) in [5, 5.41) is 8.46. The Bertz CT molecular complexity index is 392. The van der Waals surface area contributed by atoms with Crippen molar-refractivity contribution in [2.24, 2.45) is 0 Å². The summed E-state index contributed by atoms with van der Waals surface area (Å²) >= 11 is 0. The minimum absolute atomic E-state index is 0.0209. The third-order valence-electron chi connectivity index (χ3n) is 1.19. The molecule has 0 fully saturated rings. The number of nitrogens with zero attached hydrogens (tertiary/aromatic N) is 1. The fourth-order valence-electron chi connectivity index (χ4n) is 0.760. The van der Waals surface area contributed by atoms with Gasteiger partial charge in [0, 0.05) is 0 Å². The Balaban J connectivity index is 2.92. The van der Waals surface area contributed by atoms with Gasteiger partial charge >= 0.3 is 7.82 Å². The Morgan fingerprint density at radius 1 is 1.46 bits per heavy atom. The zero-order valence-electron chi connectivity index (χ0n) is 6.41. The molecule has 0 unspecified atom stereocenters. The van der Waals surface area contributed by atoms with E-state index in [-0.39, 0.29) is 11.3 Å². The Morgan fingerprint density at radius 3 is 2.69 bits per heavy atom. The molecule has 0 aliphatic rings. The van der Waals surface area contributed by atoms with Gasteiger partial charge in [0.05, 0.1) is 11.6 Å².